The second-order valence-corrected chi connectivity index (χ2v) is 7.81. The van der Waals surface area contributed by atoms with E-state index < -0.39 is 10.0 Å². The van der Waals surface area contributed by atoms with Crippen LogP contribution in [-0.2, 0) is 23.0 Å². The second kappa shape index (κ2) is 7.17. The van der Waals surface area contributed by atoms with Crippen molar-refractivity contribution in [3.05, 3.63) is 34.7 Å². The van der Waals surface area contributed by atoms with E-state index in [0.717, 1.165) is 22.7 Å². The molecule has 6 nitrogen and oxygen atoms in total. The first-order chi connectivity index (χ1) is 10.0. The first kappa shape index (κ1) is 16.2. The summed E-state index contributed by atoms with van der Waals surface area (Å²) < 4.78 is 27.5. The van der Waals surface area contributed by atoms with E-state index in [1.807, 2.05) is 13.8 Å². The number of nitrogens with one attached hydrogen (secondary N) is 3. The van der Waals surface area contributed by atoms with Gasteiger partial charge in [-0.15, -0.1) is 11.3 Å². The Morgan fingerprint density at radius 3 is 2.90 bits per heavy atom. The molecule has 0 atom stereocenters. The molecule has 0 saturated carbocycles. The Morgan fingerprint density at radius 1 is 1.43 bits per heavy atom. The molecule has 0 aliphatic carbocycles. The van der Waals surface area contributed by atoms with Crippen LogP contribution in [0, 0.1) is 6.92 Å². The number of rotatable bonds is 8. The summed E-state index contributed by atoms with van der Waals surface area (Å²) in [5.41, 5.74) is 1.92. The number of thiophene rings is 1. The van der Waals surface area contributed by atoms with Crippen molar-refractivity contribution in [2.24, 2.45) is 0 Å². The van der Waals surface area contributed by atoms with Gasteiger partial charge in [0.25, 0.3) is 0 Å². The quantitative estimate of drug-likeness (QED) is 0.684. The molecule has 116 valence electrons. The van der Waals surface area contributed by atoms with E-state index in [4.69, 9.17) is 0 Å². The summed E-state index contributed by atoms with van der Waals surface area (Å²) in [5, 5.41) is 3.22. The van der Waals surface area contributed by atoms with Gasteiger partial charge in [0.05, 0.1) is 6.33 Å². The third-order valence-corrected chi connectivity index (χ3v) is 6.21. The first-order valence-electron chi connectivity index (χ1n) is 6.80. The topological polar surface area (TPSA) is 86.9 Å². The van der Waals surface area contributed by atoms with Gasteiger partial charge in [0.15, 0.2) is 0 Å². The van der Waals surface area contributed by atoms with Crippen molar-refractivity contribution in [3.63, 3.8) is 0 Å². The highest BCUT2D eigenvalue weighted by molar-refractivity contribution is 7.91. The van der Waals surface area contributed by atoms with Gasteiger partial charge in [0, 0.05) is 36.3 Å². The number of aromatic nitrogens is 2. The summed E-state index contributed by atoms with van der Waals surface area (Å²) in [6.07, 6.45) is 3.87. The summed E-state index contributed by atoms with van der Waals surface area (Å²) >= 11 is 1.32. The van der Waals surface area contributed by atoms with Gasteiger partial charge in [-0.05, 0) is 25.1 Å². The molecule has 0 radical (unpaired) electrons. The minimum atomic E-state index is -3.43. The Hall–Kier alpha value is -1.22. The standard InChI is InChI=1S/C13H20N4O2S2/c1-3-14-8-12-10(2)6-13(20-12)21(18,19)17-5-4-11-7-15-9-16-11/h6-7,9,14,17H,3-5,8H2,1-2H3,(H,15,16). The van der Waals surface area contributed by atoms with E-state index in [0.29, 0.717) is 23.7 Å². The zero-order chi connectivity index (χ0) is 15.3. The number of hydrogen-bond donors (Lipinski definition) is 3. The van der Waals surface area contributed by atoms with Crippen LogP contribution in [0.25, 0.3) is 0 Å². The van der Waals surface area contributed by atoms with Crippen LogP contribution in [0.15, 0.2) is 22.8 Å². The number of nitrogens with zero attached hydrogens (tertiary/aromatic N) is 1. The zero-order valence-electron chi connectivity index (χ0n) is 12.1. The number of sulfonamides is 1. The Kier molecular flexibility index (Phi) is 5.51. The van der Waals surface area contributed by atoms with Crippen molar-refractivity contribution in [2.45, 2.75) is 31.0 Å². The van der Waals surface area contributed by atoms with Crippen LogP contribution in [0.5, 0.6) is 0 Å². The van der Waals surface area contributed by atoms with E-state index in [-0.39, 0.29) is 0 Å². The third-order valence-electron chi connectivity index (χ3n) is 3.04. The van der Waals surface area contributed by atoms with E-state index in [2.05, 4.69) is 20.0 Å². The predicted molar refractivity (Wildman–Crippen MR) is 83.9 cm³/mol. The lowest BCUT2D eigenvalue weighted by Gasteiger charge is -2.03. The fourth-order valence-corrected chi connectivity index (χ4v) is 4.48. The van der Waals surface area contributed by atoms with Gasteiger partial charge in [-0.25, -0.2) is 18.1 Å². The van der Waals surface area contributed by atoms with Crippen LogP contribution in [0.4, 0.5) is 0 Å². The number of aryl methyl sites for hydroxylation is 1. The van der Waals surface area contributed by atoms with Gasteiger partial charge < -0.3 is 10.3 Å². The molecule has 0 spiro atoms. The lowest BCUT2D eigenvalue weighted by atomic mass is 10.3. The minimum Gasteiger partial charge on any atom is -0.348 e. The van der Waals surface area contributed by atoms with Crippen LogP contribution in [0.2, 0.25) is 0 Å². The molecule has 21 heavy (non-hydrogen) atoms. The molecule has 2 aromatic rings. The number of hydrogen-bond acceptors (Lipinski definition) is 5. The van der Waals surface area contributed by atoms with Crippen LogP contribution in [-0.4, -0.2) is 31.5 Å². The van der Waals surface area contributed by atoms with Gasteiger partial charge in [-0.2, -0.15) is 0 Å². The highest BCUT2D eigenvalue weighted by Crippen LogP contribution is 2.25. The summed E-state index contributed by atoms with van der Waals surface area (Å²) in [4.78, 5) is 7.91. The average Bonchev–Trinajstić information content (AvgIpc) is 3.06. The summed E-state index contributed by atoms with van der Waals surface area (Å²) in [6.45, 7) is 5.88. The Bertz CT molecular complexity index is 662. The smallest absolute Gasteiger partial charge is 0.250 e. The zero-order valence-corrected chi connectivity index (χ0v) is 13.8. The Labute approximate surface area is 129 Å². The average molecular weight is 328 g/mol. The highest BCUT2D eigenvalue weighted by atomic mass is 32.2. The maximum atomic E-state index is 12.3. The van der Waals surface area contributed by atoms with E-state index in [1.165, 1.54) is 11.3 Å². The molecular weight excluding hydrogens is 308 g/mol. The fraction of sp³-hybridized carbons (Fsp3) is 0.462. The minimum absolute atomic E-state index is 0.351. The van der Waals surface area contributed by atoms with Crippen molar-refractivity contribution in [1.82, 2.24) is 20.0 Å². The molecule has 0 saturated heterocycles. The van der Waals surface area contributed by atoms with Crippen molar-refractivity contribution in [1.29, 1.82) is 0 Å². The molecule has 8 heteroatoms. The van der Waals surface area contributed by atoms with Crippen molar-refractivity contribution in [2.75, 3.05) is 13.1 Å². The highest BCUT2D eigenvalue weighted by Gasteiger charge is 2.18. The molecule has 2 aromatic heterocycles. The van der Waals surface area contributed by atoms with Crippen LogP contribution >= 0.6 is 11.3 Å². The molecule has 0 aliphatic heterocycles. The molecular formula is C13H20N4O2S2. The first-order valence-corrected chi connectivity index (χ1v) is 9.10. The molecule has 2 rings (SSSR count). The maximum Gasteiger partial charge on any atom is 0.250 e. The molecule has 0 fully saturated rings. The SMILES string of the molecule is CCNCc1sc(S(=O)(=O)NCCc2cnc[nH]2)cc1C. The van der Waals surface area contributed by atoms with Crippen LogP contribution in [0.3, 0.4) is 0 Å². The lowest BCUT2D eigenvalue weighted by molar-refractivity contribution is 0.583. The maximum absolute atomic E-state index is 12.3. The van der Waals surface area contributed by atoms with Gasteiger partial charge in [-0.1, -0.05) is 6.92 Å². The lowest BCUT2D eigenvalue weighted by Crippen LogP contribution is -2.25. The van der Waals surface area contributed by atoms with Crippen LogP contribution in [0.1, 0.15) is 23.1 Å². The van der Waals surface area contributed by atoms with Gasteiger partial charge >= 0.3 is 0 Å². The normalized spacial score (nSPS) is 11.9. The van der Waals surface area contributed by atoms with E-state index in [1.54, 1.807) is 18.6 Å². The Balaban J connectivity index is 1.98. The van der Waals surface area contributed by atoms with Gasteiger partial charge in [-0.3, -0.25) is 0 Å². The van der Waals surface area contributed by atoms with Gasteiger partial charge in [0.1, 0.15) is 4.21 Å². The molecule has 0 bridgehead atoms. The van der Waals surface area contributed by atoms with Crippen molar-refractivity contribution in [3.8, 4) is 0 Å². The van der Waals surface area contributed by atoms with Gasteiger partial charge in [0.2, 0.25) is 10.0 Å². The molecule has 0 aliphatic rings. The summed E-state index contributed by atoms with van der Waals surface area (Å²) in [7, 11) is -3.43. The summed E-state index contributed by atoms with van der Waals surface area (Å²) in [6, 6.07) is 1.73. The van der Waals surface area contributed by atoms with Crippen molar-refractivity contribution >= 4 is 21.4 Å². The monoisotopic (exact) mass is 328 g/mol. The molecule has 2 heterocycles. The molecule has 0 amide bonds. The summed E-state index contributed by atoms with van der Waals surface area (Å²) in [5.74, 6) is 0. The van der Waals surface area contributed by atoms with E-state index in [9.17, 15) is 8.42 Å². The Morgan fingerprint density at radius 2 is 2.24 bits per heavy atom. The molecule has 0 unspecified atom stereocenters. The second-order valence-electron chi connectivity index (χ2n) is 4.68. The predicted octanol–water partition coefficient (Wildman–Crippen LogP) is 1.41. The molecule has 3 N–H and O–H groups in total. The largest absolute Gasteiger partial charge is 0.348 e. The third kappa shape index (κ3) is 4.37. The number of H-pyrrole nitrogens is 1. The van der Waals surface area contributed by atoms with Crippen molar-refractivity contribution < 1.29 is 8.42 Å². The number of aromatic amines is 1. The van der Waals surface area contributed by atoms with E-state index >= 15 is 0 Å². The molecule has 0 aromatic carbocycles. The number of imidazole rings is 1. The van der Waals surface area contributed by atoms with Crippen LogP contribution < -0.4 is 10.0 Å². The fourth-order valence-electron chi connectivity index (χ4n) is 1.85.